The normalized spacial score (nSPS) is 13.1. The second-order valence-corrected chi connectivity index (χ2v) is 8.14. The van der Waals surface area contributed by atoms with Crippen molar-refractivity contribution in [3.63, 3.8) is 0 Å². The van der Waals surface area contributed by atoms with Crippen LogP contribution in [0.5, 0.6) is 0 Å². The quantitative estimate of drug-likeness (QED) is 0.110. The molecule has 0 aliphatic rings. The number of aliphatic carboxylic acids is 1. The third-order valence-corrected chi connectivity index (χ3v) is 5.05. The molecule has 0 aliphatic heterocycles. The number of hydrogen-bond donors (Lipinski definition) is 1. The maximum atomic E-state index is 12.1. The summed E-state index contributed by atoms with van der Waals surface area (Å²) in [7, 11) is 0. The van der Waals surface area contributed by atoms with E-state index in [1.165, 1.54) is 0 Å². The first kappa shape index (κ1) is 29.9. The second-order valence-electron chi connectivity index (χ2n) is 8.14. The SMILES string of the molecule is CC/C=C\C/C=C\C/C=C\C/C=C\C(CCCCCCCC(=O)O)OC(=O)CCCCC. The molecule has 4 heteroatoms. The van der Waals surface area contributed by atoms with Gasteiger partial charge < -0.3 is 9.84 Å². The van der Waals surface area contributed by atoms with E-state index < -0.39 is 5.97 Å². The van der Waals surface area contributed by atoms with Crippen LogP contribution in [0.1, 0.15) is 110 Å². The summed E-state index contributed by atoms with van der Waals surface area (Å²) in [5.74, 6) is -0.827. The van der Waals surface area contributed by atoms with E-state index >= 15 is 0 Å². The topological polar surface area (TPSA) is 63.6 Å². The Morgan fingerprint density at radius 2 is 1.28 bits per heavy atom. The molecule has 0 aromatic carbocycles. The first-order valence-corrected chi connectivity index (χ1v) is 12.6. The predicted octanol–water partition coefficient (Wildman–Crippen LogP) is 8.10. The molecule has 182 valence electrons. The Bertz CT molecular complexity index is 572. The van der Waals surface area contributed by atoms with Crippen LogP contribution in [0.25, 0.3) is 0 Å². The summed E-state index contributed by atoms with van der Waals surface area (Å²) in [5.41, 5.74) is 0. The van der Waals surface area contributed by atoms with Gasteiger partial charge in [-0.1, -0.05) is 88.5 Å². The van der Waals surface area contributed by atoms with Gasteiger partial charge in [0.05, 0.1) is 0 Å². The highest BCUT2D eigenvalue weighted by Gasteiger charge is 2.11. The molecule has 0 saturated carbocycles. The number of carboxylic acids is 1. The van der Waals surface area contributed by atoms with Crippen molar-refractivity contribution in [3.8, 4) is 0 Å². The lowest BCUT2D eigenvalue weighted by atomic mass is 10.1. The Hall–Kier alpha value is -2.10. The van der Waals surface area contributed by atoms with Gasteiger partial charge in [-0.05, 0) is 57.4 Å². The molecule has 0 radical (unpaired) electrons. The minimum Gasteiger partial charge on any atom is -0.481 e. The van der Waals surface area contributed by atoms with Crippen LogP contribution in [0.15, 0.2) is 48.6 Å². The molecular formula is C28H46O4. The van der Waals surface area contributed by atoms with Crippen molar-refractivity contribution in [1.82, 2.24) is 0 Å². The fourth-order valence-electron chi connectivity index (χ4n) is 3.21. The maximum absolute atomic E-state index is 12.1. The van der Waals surface area contributed by atoms with Crippen LogP contribution in [-0.4, -0.2) is 23.1 Å². The van der Waals surface area contributed by atoms with Gasteiger partial charge in [0, 0.05) is 12.8 Å². The largest absolute Gasteiger partial charge is 0.481 e. The highest BCUT2D eigenvalue weighted by molar-refractivity contribution is 5.69. The molecule has 0 bridgehead atoms. The molecule has 1 N–H and O–H groups in total. The van der Waals surface area contributed by atoms with Crippen LogP contribution in [0, 0.1) is 0 Å². The first-order valence-electron chi connectivity index (χ1n) is 12.6. The lowest BCUT2D eigenvalue weighted by Gasteiger charge is -2.14. The standard InChI is InChI=1S/C28H46O4/c1-3-5-7-8-9-10-11-12-13-15-19-22-26(32-28(31)25-18-6-4-2)23-20-16-14-17-21-24-27(29)30/h5,7,9-10,12-13,19,22,26H,3-4,6,8,11,14-18,20-21,23-25H2,1-2H3,(H,29,30)/b7-5-,10-9-,13-12-,22-19-. The molecule has 0 aliphatic carbocycles. The molecule has 0 aromatic heterocycles. The molecule has 1 atom stereocenters. The van der Waals surface area contributed by atoms with Crippen LogP contribution in [0.4, 0.5) is 0 Å². The van der Waals surface area contributed by atoms with Gasteiger partial charge in [-0.2, -0.15) is 0 Å². The van der Waals surface area contributed by atoms with Crippen molar-refractivity contribution in [2.24, 2.45) is 0 Å². The Labute approximate surface area is 196 Å². The molecule has 0 amide bonds. The van der Waals surface area contributed by atoms with Crippen molar-refractivity contribution in [1.29, 1.82) is 0 Å². The van der Waals surface area contributed by atoms with Gasteiger partial charge in [0.2, 0.25) is 0 Å². The number of rotatable bonds is 21. The van der Waals surface area contributed by atoms with Gasteiger partial charge in [0.25, 0.3) is 0 Å². The molecule has 0 fully saturated rings. The zero-order chi connectivity index (χ0) is 23.7. The number of unbranched alkanes of at least 4 members (excludes halogenated alkanes) is 6. The van der Waals surface area contributed by atoms with E-state index in [1.54, 1.807) is 0 Å². The molecule has 0 rings (SSSR count). The van der Waals surface area contributed by atoms with Gasteiger partial charge in [0.15, 0.2) is 0 Å². The summed E-state index contributed by atoms with van der Waals surface area (Å²) >= 11 is 0. The second kappa shape index (κ2) is 23.6. The Balaban J connectivity index is 4.29. The number of carbonyl (C=O) groups excluding carboxylic acids is 1. The monoisotopic (exact) mass is 446 g/mol. The molecule has 1 unspecified atom stereocenters. The van der Waals surface area contributed by atoms with Crippen molar-refractivity contribution in [3.05, 3.63) is 48.6 Å². The molecular weight excluding hydrogens is 400 g/mol. The van der Waals surface area contributed by atoms with Crippen LogP contribution in [0.3, 0.4) is 0 Å². The summed E-state index contributed by atoms with van der Waals surface area (Å²) in [5, 5.41) is 8.69. The molecule has 0 heterocycles. The Kier molecular flexibility index (Phi) is 22.0. The summed E-state index contributed by atoms with van der Waals surface area (Å²) in [6, 6.07) is 0. The van der Waals surface area contributed by atoms with E-state index in [2.05, 4.69) is 56.4 Å². The van der Waals surface area contributed by atoms with Gasteiger partial charge in [-0.25, -0.2) is 0 Å². The van der Waals surface area contributed by atoms with Crippen LogP contribution < -0.4 is 0 Å². The van der Waals surface area contributed by atoms with Gasteiger partial charge in [0.1, 0.15) is 6.10 Å². The predicted molar refractivity (Wildman–Crippen MR) is 135 cm³/mol. The van der Waals surface area contributed by atoms with Crippen LogP contribution >= 0.6 is 0 Å². The van der Waals surface area contributed by atoms with E-state index in [4.69, 9.17) is 9.84 Å². The summed E-state index contributed by atoms with van der Waals surface area (Å²) in [4.78, 5) is 22.7. The fourth-order valence-corrected chi connectivity index (χ4v) is 3.21. The summed E-state index contributed by atoms with van der Waals surface area (Å²) in [6.07, 6.45) is 30.2. The van der Waals surface area contributed by atoms with Gasteiger partial charge in [-0.3, -0.25) is 9.59 Å². The van der Waals surface area contributed by atoms with Crippen molar-refractivity contribution in [2.45, 2.75) is 116 Å². The van der Waals surface area contributed by atoms with Crippen molar-refractivity contribution >= 4 is 11.9 Å². The van der Waals surface area contributed by atoms with E-state index in [1.807, 2.05) is 6.08 Å². The van der Waals surface area contributed by atoms with E-state index in [0.717, 1.165) is 83.5 Å². The average Bonchev–Trinajstić information content (AvgIpc) is 2.76. The number of carboxylic acid groups (broad SMARTS) is 1. The Morgan fingerprint density at radius 1 is 0.719 bits per heavy atom. The van der Waals surface area contributed by atoms with Crippen molar-refractivity contribution in [2.75, 3.05) is 0 Å². The highest BCUT2D eigenvalue weighted by atomic mass is 16.5. The van der Waals surface area contributed by atoms with Crippen molar-refractivity contribution < 1.29 is 19.4 Å². The minimum atomic E-state index is -0.723. The molecule has 0 spiro atoms. The number of allylic oxidation sites excluding steroid dienone is 7. The average molecular weight is 447 g/mol. The number of ether oxygens (including phenoxy) is 1. The Morgan fingerprint density at radius 3 is 1.91 bits per heavy atom. The third-order valence-electron chi connectivity index (χ3n) is 5.05. The molecule has 4 nitrogen and oxygen atoms in total. The first-order chi connectivity index (χ1) is 15.6. The fraction of sp³-hybridized carbons (Fsp3) is 0.643. The minimum absolute atomic E-state index is 0.104. The zero-order valence-electron chi connectivity index (χ0n) is 20.5. The lowest BCUT2D eigenvalue weighted by molar-refractivity contribution is -0.147. The number of carbonyl (C=O) groups is 2. The number of hydrogen-bond acceptors (Lipinski definition) is 3. The third kappa shape index (κ3) is 22.6. The summed E-state index contributed by atoms with van der Waals surface area (Å²) in [6.45, 7) is 4.26. The van der Waals surface area contributed by atoms with Gasteiger partial charge >= 0.3 is 11.9 Å². The maximum Gasteiger partial charge on any atom is 0.306 e. The lowest BCUT2D eigenvalue weighted by Crippen LogP contribution is -2.16. The number of esters is 1. The van der Waals surface area contributed by atoms with Crippen LogP contribution in [-0.2, 0) is 14.3 Å². The molecule has 0 saturated heterocycles. The zero-order valence-corrected chi connectivity index (χ0v) is 20.5. The van der Waals surface area contributed by atoms with E-state index in [-0.39, 0.29) is 18.5 Å². The smallest absolute Gasteiger partial charge is 0.306 e. The molecule has 0 aromatic rings. The van der Waals surface area contributed by atoms with Crippen LogP contribution in [0.2, 0.25) is 0 Å². The van der Waals surface area contributed by atoms with E-state index in [9.17, 15) is 9.59 Å². The molecule has 32 heavy (non-hydrogen) atoms. The summed E-state index contributed by atoms with van der Waals surface area (Å²) < 4.78 is 5.70. The highest BCUT2D eigenvalue weighted by Crippen LogP contribution is 2.13. The van der Waals surface area contributed by atoms with E-state index in [0.29, 0.717) is 6.42 Å². The van der Waals surface area contributed by atoms with Gasteiger partial charge in [-0.15, -0.1) is 0 Å².